The van der Waals surface area contributed by atoms with Crippen LogP contribution >= 0.6 is 0 Å². The Bertz CT molecular complexity index is 141. The second-order valence-corrected chi connectivity index (χ2v) is 5.06. The van der Waals surface area contributed by atoms with Crippen LogP contribution in [-0.2, 0) is 4.74 Å². The van der Waals surface area contributed by atoms with E-state index in [1.54, 1.807) is 0 Å². The first-order valence-corrected chi connectivity index (χ1v) is 6.61. The highest BCUT2D eigenvalue weighted by atomic mass is 16.5. The van der Waals surface area contributed by atoms with Gasteiger partial charge in [0.25, 0.3) is 0 Å². The quantitative estimate of drug-likeness (QED) is 0.626. The van der Waals surface area contributed by atoms with Gasteiger partial charge in [-0.3, -0.25) is 0 Å². The minimum absolute atomic E-state index is 0.572. The molecule has 0 radical (unpaired) electrons. The molecule has 1 aliphatic rings. The molecule has 1 unspecified atom stereocenters. The van der Waals surface area contributed by atoms with Crippen molar-refractivity contribution in [3.05, 3.63) is 0 Å². The lowest BCUT2D eigenvalue weighted by Crippen LogP contribution is -2.18. The van der Waals surface area contributed by atoms with Crippen molar-refractivity contribution in [2.24, 2.45) is 5.92 Å². The van der Waals surface area contributed by atoms with Crippen molar-refractivity contribution in [3.63, 3.8) is 0 Å². The van der Waals surface area contributed by atoms with Crippen LogP contribution in [0.15, 0.2) is 0 Å². The molecule has 0 saturated carbocycles. The Morgan fingerprint density at radius 1 is 1.27 bits per heavy atom. The van der Waals surface area contributed by atoms with Crippen LogP contribution < -0.4 is 5.32 Å². The Morgan fingerprint density at radius 2 is 2.07 bits per heavy atom. The van der Waals surface area contributed by atoms with Gasteiger partial charge in [-0.2, -0.15) is 0 Å². The molecule has 1 saturated heterocycles. The van der Waals surface area contributed by atoms with Gasteiger partial charge >= 0.3 is 0 Å². The number of hydrogen-bond donors (Lipinski definition) is 1. The molecule has 2 nitrogen and oxygen atoms in total. The predicted molar refractivity (Wildman–Crippen MR) is 65.1 cm³/mol. The largest absolute Gasteiger partial charge is 0.378 e. The van der Waals surface area contributed by atoms with Gasteiger partial charge in [0.1, 0.15) is 0 Å². The van der Waals surface area contributed by atoms with E-state index in [2.05, 4.69) is 19.2 Å². The first kappa shape index (κ1) is 13.0. The van der Waals surface area contributed by atoms with Crippen molar-refractivity contribution in [1.29, 1.82) is 0 Å². The average Bonchev–Trinajstić information content (AvgIpc) is 2.68. The van der Waals surface area contributed by atoms with Crippen molar-refractivity contribution in [2.45, 2.75) is 58.5 Å². The van der Waals surface area contributed by atoms with E-state index in [9.17, 15) is 0 Å². The highest BCUT2D eigenvalue weighted by Crippen LogP contribution is 2.16. The van der Waals surface area contributed by atoms with Crippen molar-refractivity contribution >= 4 is 0 Å². The second-order valence-electron chi connectivity index (χ2n) is 5.06. The zero-order chi connectivity index (χ0) is 10.9. The number of rotatable bonds is 8. The summed E-state index contributed by atoms with van der Waals surface area (Å²) in [5.41, 5.74) is 0. The monoisotopic (exact) mass is 213 g/mol. The molecule has 0 bridgehead atoms. The first-order valence-electron chi connectivity index (χ1n) is 6.61. The van der Waals surface area contributed by atoms with Gasteiger partial charge in [-0.1, -0.05) is 13.8 Å². The van der Waals surface area contributed by atoms with Crippen LogP contribution in [0.3, 0.4) is 0 Å². The molecule has 0 aromatic rings. The third-order valence-electron chi connectivity index (χ3n) is 3.04. The number of hydrogen-bond acceptors (Lipinski definition) is 2. The lowest BCUT2D eigenvalue weighted by molar-refractivity contribution is 0.102. The molecular weight excluding hydrogens is 186 g/mol. The highest BCUT2D eigenvalue weighted by molar-refractivity contribution is 4.65. The van der Waals surface area contributed by atoms with Crippen molar-refractivity contribution in [3.8, 4) is 0 Å². The SMILES string of the molecule is CC(C)CCCNCCCC1CCCO1. The summed E-state index contributed by atoms with van der Waals surface area (Å²) >= 11 is 0. The normalized spacial score (nSPS) is 21.4. The van der Waals surface area contributed by atoms with E-state index in [0.29, 0.717) is 6.10 Å². The minimum Gasteiger partial charge on any atom is -0.378 e. The molecule has 0 amide bonds. The fraction of sp³-hybridized carbons (Fsp3) is 1.00. The van der Waals surface area contributed by atoms with Crippen LogP contribution in [0.4, 0.5) is 0 Å². The minimum atomic E-state index is 0.572. The summed E-state index contributed by atoms with van der Waals surface area (Å²) < 4.78 is 5.58. The molecule has 2 heteroatoms. The summed E-state index contributed by atoms with van der Waals surface area (Å²) in [6.07, 6.45) is 8.31. The first-order chi connectivity index (χ1) is 7.29. The van der Waals surface area contributed by atoms with E-state index in [4.69, 9.17) is 4.74 Å². The summed E-state index contributed by atoms with van der Waals surface area (Å²) in [5.74, 6) is 0.846. The van der Waals surface area contributed by atoms with E-state index in [1.165, 1.54) is 45.1 Å². The maximum atomic E-state index is 5.58. The van der Waals surface area contributed by atoms with Gasteiger partial charge in [0.2, 0.25) is 0 Å². The number of nitrogens with one attached hydrogen (secondary N) is 1. The molecule has 15 heavy (non-hydrogen) atoms. The van der Waals surface area contributed by atoms with E-state index < -0.39 is 0 Å². The standard InChI is InChI=1S/C13H27NO/c1-12(2)6-3-9-14-10-4-7-13-8-5-11-15-13/h12-14H,3-11H2,1-2H3. The Kier molecular flexibility index (Phi) is 7.03. The zero-order valence-electron chi connectivity index (χ0n) is 10.4. The lowest BCUT2D eigenvalue weighted by atomic mass is 10.1. The second kappa shape index (κ2) is 8.12. The van der Waals surface area contributed by atoms with E-state index in [1.807, 2.05) is 0 Å². The molecule has 0 spiro atoms. The Balaban J connectivity index is 1.76. The topological polar surface area (TPSA) is 21.3 Å². The fourth-order valence-corrected chi connectivity index (χ4v) is 2.09. The van der Waals surface area contributed by atoms with E-state index >= 15 is 0 Å². The molecular formula is C13H27NO. The summed E-state index contributed by atoms with van der Waals surface area (Å²) in [6.45, 7) is 7.92. The van der Waals surface area contributed by atoms with Crippen molar-refractivity contribution in [2.75, 3.05) is 19.7 Å². The van der Waals surface area contributed by atoms with Crippen molar-refractivity contribution in [1.82, 2.24) is 5.32 Å². The number of ether oxygens (including phenoxy) is 1. The Labute approximate surface area is 94.8 Å². The van der Waals surface area contributed by atoms with Crippen LogP contribution in [0, 0.1) is 5.92 Å². The Hall–Kier alpha value is -0.0800. The summed E-state index contributed by atoms with van der Waals surface area (Å²) in [4.78, 5) is 0. The molecule has 90 valence electrons. The average molecular weight is 213 g/mol. The van der Waals surface area contributed by atoms with Crippen molar-refractivity contribution < 1.29 is 4.74 Å². The molecule has 1 heterocycles. The van der Waals surface area contributed by atoms with Crippen LogP contribution in [0.25, 0.3) is 0 Å². The van der Waals surface area contributed by atoms with Crippen LogP contribution in [0.2, 0.25) is 0 Å². The maximum absolute atomic E-state index is 5.58. The van der Waals surface area contributed by atoms with E-state index in [-0.39, 0.29) is 0 Å². The molecule has 1 N–H and O–H groups in total. The smallest absolute Gasteiger partial charge is 0.0576 e. The summed E-state index contributed by atoms with van der Waals surface area (Å²) in [6, 6.07) is 0. The van der Waals surface area contributed by atoms with Crippen LogP contribution in [-0.4, -0.2) is 25.8 Å². The zero-order valence-corrected chi connectivity index (χ0v) is 10.4. The van der Waals surface area contributed by atoms with Gasteiger partial charge < -0.3 is 10.1 Å². The Morgan fingerprint density at radius 3 is 2.73 bits per heavy atom. The lowest BCUT2D eigenvalue weighted by Gasteiger charge is -2.09. The van der Waals surface area contributed by atoms with Gasteiger partial charge in [-0.05, 0) is 57.5 Å². The van der Waals surface area contributed by atoms with Gasteiger partial charge in [0, 0.05) is 6.61 Å². The molecule has 1 fully saturated rings. The third kappa shape index (κ3) is 6.91. The maximum Gasteiger partial charge on any atom is 0.0576 e. The van der Waals surface area contributed by atoms with Gasteiger partial charge in [-0.25, -0.2) is 0 Å². The third-order valence-corrected chi connectivity index (χ3v) is 3.04. The predicted octanol–water partition coefficient (Wildman–Crippen LogP) is 2.97. The highest BCUT2D eigenvalue weighted by Gasteiger charge is 2.13. The van der Waals surface area contributed by atoms with Gasteiger partial charge in [0.15, 0.2) is 0 Å². The van der Waals surface area contributed by atoms with Crippen LogP contribution in [0.1, 0.15) is 52.4 Å². The van der Waals surface area contributed by atoms with E-state index in [0.717, 1.165) is 19.1 Å². The molecule has 0 aromatic carbocycles. The molecule has 1 aliphatic heterocycles. The molecule has 0 aliphatic carbocycles. The molecule has 0 aromatic heterocycles. The summed E-state index contributed by atoms with van der Waals surface area (Å²) in [7, 11) is 0. The molecule has 1 atom stereocenters. The van der Waals surface area contributed by atoms with Gasteiger partial charge in [-0.15, -0.1) is 0 Å². The fourth-order valence-electron chi connectivity index (χ4n) is 2.09. The summed E-state index contributed by atoms with van der Waals surface area (Å²) in [5, 5.41) is 3.51. The molecule has 1 rings (SSSR count). The van der Waals surface area contributed by atoms with Crippen LogP contribution in [0.5, 0.6) is 0 Å². The van der Waals surface area contributed by atoms with Gasteiger partial charge in [0.05, 0.1) is 6.10 Å².